The highest BCUT2D eigenvalue weighted by atomic mass is 32.1. The molecular formula is C40H41F5N8O4S. The molecule has 3 aromatic heterocycles. The molecule has 1 atom stereocenters. The van der Waals surface area contributed by atoms with Crippen LogP contribution in [0.25, 0.3) is 21.3 Å². The minimum atomic E-state index is -4.73. The first-order valence-electron chi connectivity index (χ1n) is 19.3. The summed E-state index contributed by atoms with van der Waals surface area (Å²) >= 11 is 1.42. The third-order valence-electron chi connectivity index (χ3n) is 11.9. The van der Waals surface area contributed by atoms with Crippen molar-refractivity contribution in [1.82, 2.24) is 29.3 Å². The normalized spacial score (nSPS) is 21.0. The summed E-state index contributed by atoms with van der Waals surface area (Å²) in [6.07, 6.45) is 0.954. The van der Waals surface area contributed by atoms with Gasteiger partial charge in [0.1, 0.15) is 29.1 Å². The average molecular weight is 825 g/mol. The predicted octanol–water partition coefficient (Wildman–Crippen LogP) is 6.75. The van der Waals surface area contributed by atoms with Crippen LogP contribution in [0, 0.1) is 17.6 Å². The molecule has 8 rings (SSSR count). The number of nitrogens with one attached hydrogen (secondary N) is 2. The summed E-state index contributed by atoms with van der Waals surface area (Å²) in [4.78, 5) is 63.0. The number of benzene rings is 2. The first-order chi connectivity index (χ1) is 27.7. The molecule has 0 radical (unpaired) electrons. The van der Waals surface area contributed by atoms with Gasteiger partial charge in [-0.15, -0.1) is 11.3 Å². The summed E-state index contributed by atoms with van der Waals surface area (Å²) in [5.41, 5.74) is -0.630. The highest BCUT2D eigenvalue weighted by molar-refractivity contribution is 7.18. The van der Waals surface area contributed by atoms with Crippen LogP contribution in [0.5, 0.6) is 0 Å². The Morgan fingerprint density at radius 2 is 1.71 bits per heavy atom. The summed E-state index contributed by atoms with van der Waals surface area (Å²) < 4.78 is 73.3. The number of hydrogen-bond acceptors (Lipinski definition) is 9. The van der Waals surface area contributed by atoms with Gasteiger partial charge in [0.25, 0.3) is 5.91 Å². The van der Waals surface area contributed by atoms with Gasteiger partial charge in [0.15, 0.2) is 0 Å². The Bertz CT molecular complexity index is 2480. The van der Waals surface area contributed by atoms with E-state index >= 15 is 8.78 Å². The number of hydrogen-bond donors (Lipinski definition) is 2. The molecule has 306 valence electrons. The smallest absolute Gasteiger partial charge is 0.367 e. The van der Waals surface area contributed by atoms with Gasteiger partial charge < -0.3 is 15.1 Å². The van der Waals surface area contributed by atoms with Crippen molar-refractivity contribution >= 4 is 61.7 Å². The van der Waals surface area contributed by atoms with Crippen molar-refractivity contribution in [3.8, 4) is 0 Å². The summed E-state index contributed by atoms with van der Waals surface area (Å²) in [6.45, 7) is 2.07. The van der Waals surface area contributed by atoms with Crippen LogP contribution >= 0.6 is 11.3 Å². The summed E-state index contributed by atoms with van der Waals surface area (Å²) in [5.74, 6) is -2.41. The van der Waals surface area contributed by atoms with Crippen LogP contribution in [0.4, 0.5) is 33.3 Å². The lowest BCUT2D eigenvalue weighted by Gasteiger charge is -2.40. The number of pyridine rings is 1. The highest BCUT2D eigenvalue weighted by Gasteiger charge is 2.35. The number of aryl methyl sites for hydroxylation is 1. The molecule has 0 spiro atoms. The number of alkyl halides is 3. The highest BCUT2D eigenvalue weighted by Crippen LogP contribution is 2.41. The Balaban J connectivity index is 0.868. The molecule has 5 aromatic rings. The molecule has 1 saturated carbocycles. The van der Waals surface area contributed by atoms with Crippen LogP contribution in [0.1, 0.15) is 84.5 Å². The minimum Gasteiger partial charge on any atom is -0.367 e. The molecule has 18 heteroatoms. The first kappa shape index (κ1) is 39.6. The second-order valence-corrected chi connectivity index (χ2v) is 16.6. The quantitative estimate of drug-likeness (QED) is 0.130. The Morgan fingerprint density at radius 1 is 0.966 bits per heavy atom. The molecule has 1 aliphatic carbocycles. The molecule has 0 bridgehead atoms. The van der Waals surface area contributed by atoms with Gasteiger partial charge in [-0.2, -0.15) is 13.2 Å². The lowest BCUT2D eigenvalue weighted by atomic mass is 9.82. The number of piperidine rings is 2. The van der Waals surface area contributed by atoms with Crippen molar-refractivity contribution in [3.05, 3.63) is 81.0 Å². The van der Waals surface area contributed by atoms with E-state index < -0.39 is 52.7 Å². The monoisotopic (exact) mass is 824 g/mol. The van der Waals surface area contributed by atoms with Gasteiger partial charge in [-0.25, -0.2) is 23.5 Å². The number of fused-ring (bicyclic) bond motifs is 2. The van der Waals surface area contributed by atoms with Crippen molar-refractivity contribution in [2.24, 2.45) is 13.0 Å². The molecule has 3 amide bonds. The van der Waals surface area contributed by atoms with Crippen LogP contribution in [0.2, 0.25) is 0 Å². The number of carbonyl (C=O) groups excluding carboxylic acids is 3. The fraction of sp³-hybridized carbons (Fsp3) is 0.450. The van der Waals surface area contributed by atoms with Gasteiger partial charge in [-0.1, -0.05) is 6.07 Å². The van der Waals surface area contributed by atoms with E-state index in [1.807, 2.05) is 4.90 Å². The summed E-state index contributed by atoms with van der Waals surface area (Å²) in [5, 5.41) is 5.54. The molecule has 12 nitrogen and oxygen atoms in total. The number of aromatic nitrogens is 4. The van der Waals surface area contributed by atoms with E-state index in [1.165, 1.54) is 44.7 Å². The van der Waals surface area contributed by atoms with Crippen molar-refractivity contribution in [1.29, 1.82) is 0 Å². The van der Waals surface area contributed by atoms with Crippen LogP contribution in [-0.2, 0) is 22.8 Å². The van der Waals surface area contributed by atoms with Gasteiger partial charge in [0.2, 0.25) is 11.8 Å². The van der Waals surface area contributed by atoms with Crippen molar-refractivity contribution in [2.75, 3.05) is 36.9 Å². The van der Waals surface area contributed by atoms with E-state index in [-0.39, 0.29) is 36.4 Å². The Hall–Kier alpha value is -5.23. The van der Waals surface area contributed by atoms with Gasteiger partial charge in [-0.05, 0) is 88.2 Å². The molecule has 5 heterocycles. The number of rotatable bonds is 8. The largest absolute Gasteiger partial charge is 0.433 e. The number of anilines is 2. The van der Waals surface area contributed by atoms with Crippen molar-refractivity contribution < 1.29 is 36.3 Å². The molecule has 2 aromatic carbocycles. The topological polar surface area (TPSA) is 134 Å². The number of thiazole rings is 1. The zero-order valence-corrected chi connectivity index (χ0v) is 32.6. The zero-order valence-electron chi connectivity index (χ0n) is 31.7. The van der Waals surface area contributed by atoms with Gasteiger partial charge >= 0.3 is 11.9 Å². The maximum Gasteiger partial charge on any atom is 0.433 e. The third kappa shape index (κ3) is 7.58. The summed E-state index contributed by atoms with van der Waals surface area (Å²) in [7, 11) is 3.70. The van der Waals surface area contributed by atoms with E-state index in [0.717, 1.165) is 68.3 Å². The number of halogens is 5. The second kappa shape index (κ2) is 15.5. The van der Waals surface area contributed by atoms with Gasteiger partial charge in [-0.3, -0.25) is 28.8 Å². The third-order valence-corrected chi connectivity index (χ3v) is 13.0. The molecule has 1 unspecified atom stereocenters. The lowest BCUT2D eigenvalue weighted by Crippen LogP contribution is -2.45. The fourth-order valence-corrected chi connectivity index (χ4v) is 9.94. The molecule has 3 aliphatic rings. The Kier molecular flexibility index (Phi) is 10.6. The molecule has 3 fully saturated rings. The summed E-state index contributed by atoms with van der Waals surface area (Å²) in [6, 6.07) is 7.93. The van der Waals surface area contributed by atoms with Crippen LogP contribution in [0.15, 0.2) is 47.3 Å². The van der Waals surface area contributed by atoms with Crippen molar-refractivity contribution in [2.45, 2.75) is 75.5 Å². The standard InChI is InChI=1S/C40H41F5N8O4S/c1-50(23-14-16-52(17-15-23)34-24(41)10-11-29-35(34)51(2)39(57)53(29)30-12-13-33(54)49-37(30)56)20-21-6-8-22(9-7-21)38-48-28-18-25(42)27(19-31(28)58-38)47-36(55)26-4-3-5-32(46-26)40(43,44)45/h3-5,10-11,18-19,21-23,30H,6-9,12-17,20H2,1-2H3,(H,47,55)(H,49,54,56). The average Bonchev–Trinajstić information content (AvgIpc) is 3.72. The molecule has 2 aliphatic heterocycles. The SMILES string of the molecule is CN(CC1CCC(c2nc3cc(F)c(NC(=O)c4cccc(C(F)(F)F)n4)cc3s2)CC1)C1CCN(c2c(F)ccc3c2n(C)c(=O)n3C2CCC(=O)NC2=O)CC1. The number of imidazole rings is 1. The van der Waals surface area contributed by atoms with Crippen molar-refractivity contribution in [3.63, 3.8) is 0 Å². The number of nitrogens with zero attached hydrogens (tertiary/aromatic N) is 6. The fourth-order valence-electron chi connectivity index (χ4n) is 8.78. The number of amides is 3. The van der Waals surface area contributed by atoms with Crippen LogP contribution < -0.4 is 21.2 Å². The number of imide groups is 1. The van der Waals surface area contributed by atoms with E-state index in [0.29, 0.717) is 45.9 Å². The van der Waals surface area contributed by atoms with Gasteiger partial charge in [0.05, 0.1) is 37.6 Å². The molecular weight excluding hydrogens is 784 g/mol. The van der Waals surface area contributed by atoms with Gasteiger partial charge in [0, 0.05) is 51.1 Å². The van der Waals surface area contributed by atoms with Crippen LogP contribution in [-0.4, -0.2) is 74.4 Å². The number of carbonyl (C=O) groups is 3. The molecule has 2 saturated heterocycles. The van der Waals surface area contributed by atoms with E-state index in [4.69, 9.17) is 4.98 Å². The molecule has 2 N–H and O–H groups in total. The predicted molar refractivity (Wildman–Crippen MR) is 208 cm³/mol. The Morgan fingerprint density at radius 3 is 2.41 bits per heavy atom. The van der Waals surface area contributed by atoms with E-state index in [9.17, 15) is 32.3 Å². The second-order valence-electron chi connectivity index (χ2n) is 15.5. The molecule has 58 heavy (non-hydrogen) atoms. The maximum absolute atomic E-state index is 15.6. The Labute approximate surface area is 333 Å². The van der Waals surface area contributed by atoms with E-state index in [2.05, 4.69) is 27.6 Å². The minimum absolute atomic E-state index is 0.116. The van der Waals surface area contributed by atoms with E-state index in [1.54, 1.807) is 7.05 Å². The van der Waals surface area contributed by atoms with Crippen LogP contribution in [0.3, 0.4) is 0 Å². The lowest BCUT2D eigenvalue weighted by molar-refractivity contribution is -0.141. The zero-order chi connectivity index (χ0) is 41.0. The maximum atomic E-state index is 15.6. The first-order valence-corrected chi connectivity index (χ1v) is 20.1.